The largest absolute Gasteiger partial charge is 0.369 e. The van der Waals surface area contributed by atoms with Gasteiger partial charge in [-0.15, -0.1) is 23.1 Å². The maximum absolute atomic E-state index is 12.7. The molecule has 3 N–H and O–H groups in total. The standard InChI is InChI=1S/C22H23N3O2S2/c1-22(2,3)15-10-8-14(9-11-15)17-12-29-21(24-17)25-20(27)16-6-4-5-7-18(16)28-13-19(23)26/h4-12H,13H2,1-3H3,(H2,23,26)(H,24,25,27). The van der Waals surface area contributed by atoms with Crippen LogP contribution in [-0.2, 0) is 10.2 Å². The van der Waals surface area contributed by atoms with E-state index in [1.54, 1.807) is 18.2 Å². The predicted octanol–water partition coefficient (Wildman–Crippen LogP) is 4.94. The minimum atomic E-state index is -0.424. The molecule has 0 aliphatic heterocycles. The molecule has 0 aliphatic carbocycles. The number of nitrogens with one attached hydrogen (secondary N) is 1. The fourth-order valence-corrected chi connectivity index (χ4v) is 4.20. The van der Waals surface area contributed by atoms with E-state index < -0.39 is 5.91 Å². The number of aromatic nitrogens is 1. The van der Waals surface area contributed by atoms with Crippen LogP contribution in [0.4, 0.5) is 5.13 Å². The van der Waals surface area contributed by atoms with E-state index in [-0.39, 0.29) is 17.1 Å². The summed E-state index contributed by atoms with van der Waals surface area (Å²) in [7, 11) is 0. The molecule has 0 bridgehead atoms. The number of hydrogen-bond acceptors (Lipinski definition) is 5. The lowest BCUT2D eigenvalue weighted by molar-refractivity contribution is -0.115. The minimum absolute atomic E-state index is 0.0969. The molecule has 0 fully saturated rings. The molecule has 5 nitrogen and oxygen atoms in total. The highest BCUT2D eigenvalue weighted by molar-refractivity contribution is 8.00. The van der Waals surface area contributed by atoms with Crippen LogP contribution >= 0.6 is 23.1 Å². The molecule has 3 aromatic rings. The molecule has 150 valence electrons. The van der Waals surface area contributed by atoms with Gasteiger partial charge >= 0.3 is 0 Å². The maximum Gasteiger partial charge on any atom is 0.258 e. The zero-order chi connectivity index (χ0) is 21.0. The first-order valence-electron chi connectivity index (χ1n) is 9.12. The van der Waals surface area contributed by atoms with Crippen LogP contribution < -0.4 is 11.1 Å². The molecule has 0 radical (unpaired) electrons. The number of thioether (sulfide) groups is 1. The van der Waals surface area contributed by atoms with E-state index >= 15 is 0 Å². The second-order valence-electron chi connectivity index (χ2n) is 7.57. The SMILES string of the molecule is CC(C)(C)c1ccc(-c2csc(NC(=O)c3ccccc3SCC(N)=O)n2)cc1. The van der Waals surface area contributed by atoms with Crippen LogP contribution in [0, 0.1) is 0 Å². The first kappa shape index (κ1) is 21.1. The normalized spacial score (nSPS) is 11.3. The van der Waals surface area contributed by atoms with Crippen LogP contribution in [0.1, 0.15) is 36.7 Å². The van der Waals surface area contributed by atoms with Crippen molar-refractivity contribution in [2.45, 2.75) is 31.1 Å². The Bertz CT molecular complexity index is 1020. The van der Waals surface area contributed by atoms with Crippen molar-refractivity contribution in [3.05, 3.63) is 65.0 Å². The van der Waals surface area contributed by atoms with Crippen LogP contribution in [0.2, 0.25) is 0 Å². The third-order valence-corrected chi connectivity index (χ3v) is 6.13. The summed E-state index contributed by atoms with van der Waals surface area (Å²) in [6.07, 6.45) is 0. The quantitative estimate of drug-likeness (QED) is 0.548. The van der Waals surface area contributed by atoms with Crippen molar-refractivity contribution in [2.75, 3.05) is 11.1 Å². The van der Waals surface area contributed by atoms with Gasteiger partial charge in [0.1, 0.15) is 0 Å². The zero-order valence-electron chi connectivity index (χ0n) is 16.6. The third kappa shape index (κ3) is 5.46. The molecular weight excluding hydrogens is 402 g/mol. The second-order valence-corrected chi connectivity index (χ2v) is 9.45. The van der Waals surface area contributed by atoms with E-state index in [0.717, 1.165) is 11.3 Å². The van der Waals surface area contributed by atoms with E-state index in [1.807, 2.05) is 11.4 Å². The highest BCUT2D eigenvalue weighted by Crippen LogP contribution is 2.29. The van der Waals surface area contributed by atoms with Gasteiger partial charge in [-0.2, -0.15) is 0 Å². The minimum Gasteiger partial charge on any atom is -0.369 e. The number of carbonyl (C=O) groups is 2. The van der Waals surface area contributed by atoms with Crippen molar-refractivity contribution in [3.63, 3.8) is 0 Å². The summed E-state index contributed by atoms with van der Waals surface area (Å²) in [6, 6.07) is 15.5. The van der Waals surface area contributed by atoms with E-state index in [4.69, 9.17) is 5.73 Å². The van der Waals surface area contributed by atoms with Crippen LogP contribution in [0.25, 0.3) is 11.3 Å². The summed E-state index contributed by atoms with van der Waals surface area (Å²) in [6.45, 7) is 6.54. The van der Waals surface area contributed by atoms with Gasteiger partial charge in [0.2, 0.25) is 5.91 Å². The Kier molecular flexibility index (Phi) is 6.39. The molecule has 1 aromatic heterocycles. The molecular formula is C22H23N3O2S2. The number of carbonyl (C=O) groups excluding carboxylic acids is 2. The van der Waals surface area contributed by atoms with Gasteiger partial charge in [-0.3, -0.25) is 14.9 Å². The lowest BCUT2D eigenvalue weighted by Crippen LogP contribution is -2.15. The Balaban J connectivity index is 1.74. The van der Waals surface area contributed by atoms with E-state index in [0.29, 0.717) is 15.6 Å². The average Bonchev–Trinajstić information content (AvgIpc) is 3.14. The summed E-state index contributed by atoms with van der Waals surface area (Å²) in [4.78, 5) is 29.0. The summed E-state index contributed by atoms with van der Waals surface area (Å²) >= 11 is 2.62. The van der Waals surface area contributed by atoms with Gasteiger partial charge < -0.3 is 5.73 Å². The van der Waals surface area contributed by atoms with Crippen LogP contribution in [-0.4, -0.2) is 22.6 Å². The topological polar surface area (TPSA) is 85.1 Å². The molecule has 2 aromatic carbocycles. The maximum atomic E-state index is 12.7. The first-order valence-corrected chi connectivity index (χ1v) is 11.0. The molecule has 1 heterocycles. The highest BCUT2D eigenvalue weighted by Gasteiger charge is 2.16. The van der Waals surface area contributed by atoms with Gasteiger partial charge in [0, 0.05) is 15.8 Å². The molecule has 3 rings (SSSR count). The van der Waals surface area contributed by atoms with E-state index in [9.17, 15) is 9.59 Å². The monoisotopic (exact) mass is 425 g/mol. The molecule has 2 amide bonds. The van der Waals surface area contributed by atoms with Crippen LogP contribution in [0.5, 0.6) is 0 Å². The number of nitrogens with two attached hydrogens (primary N) is 1. The van der Waals surface area contributed by atoms with Crippen molar-refractivity contribution in [1.29, 1.82) is 0 Å². The lowest BCUT2D eigenvalue weighted by atomic mass is 9.86. The summed E-state index contributed by atoms with van der Waals surface area (Å²) in [5, 5.41) is 5.30. The van der Waals surface area contributed by atoms with Gasteiger partial charge in [-0.1, -0.05) is 57.2 Å². The Hall–Kier alpha value is -2.64. The van der Waals surface area contributed by atoms with Gasteiger partial charge in [0.05, 0.1) is 17.0 Å². The zero-order valence-corrected chi connectivity index (χ0v) is 18.2. The van der Waals surface area contributed by atoms with Crippen molar-refractivity contribution in [1.82, 2.24) is 4.98 Å². The molecule has 0 saturated heterocycles. The first-order chi connectivity index (χ1) is 13.7. The fraction of sp³-hybridized carbons (Fsp3) is 0.227. The molecule has 29 heavy (non-hydrogen) atoms. The van der Waals surface area contributed by atoms with Gasteiger partial charge in [-0.25, -0.2) is 4.98 Å². The van der Waals surface area contributed by atoms with Gasteiger partial charge in [0.15, 0.2) is 5.13 Å². The van der Waals surface area contributed by atoms with Crippen molar-refractivity contribution in [2.24, 2.45) is 5.73 Å². The number of rotatable bonds is 6. The number of hydrogen-bond donors (Lipinski definition) is 2. The van der Waals surface area contributed by atoms with Crippen molar-refractivity contribution >= 4 is 40.0 Å². The second kappa shape index (κ2) is 8.80. The Morgan fingerprint density at radius 1 is 1.10 bits per heavy atom. The molecule has 0 spiro atoms. The van der Waals surface area contributed by atoms with Gasteiger partial charge in [-0.05, 0) is 23.1 Å². The number of amides is 2. The molecule has 0 aliphatic rings. The number of primary amides is 1. The Labute approximate surface area is 178 Å². The fourth-order valence-electron chi connectivity index (χ4n) is 2.70. The Morgan fingerprint density at radius 2 is 1.79 bits per heavy atom. The molecule has 7 heteroatoms. The summed E-state index contributed by atoms with van der Waals surface area (Å²) in [5.41, 5.74) is 8.89. The smallest absolute Gasteiger partial charge is 0.258 e. The lowest BCUT2D eigenvalue weighted by Gasteiger charge is -2.18. The summed E-state index contributed by atoms with van der Waals surface area (Å²) < 4.78 is 0. The molecule has 0 saturated carbocycles. The predicted molar refractivity (Wildman–Crippen MR) is 121 cm³/mol. The van der Waals surface area contributed by atoms with E-state index in [1.165, 1.54) is 28.7 Å². The van der Waals surface area contributed by atoms with Crippen LogP contribution in [0.15, 0.2) is 58.8 Å². The Morgan fingerprint density at radius 3 is 2.45 bits per heavy atom. The van der Waals surface area contributed by atoms with Crippen molar-refractivity contribution in [3.8, 4) is 11.3 Å². The third-order valence-electron chi connectivity index (χ3n) is 4.27. The highest BCUT2D eigenvalue weighted by atomic mass is 32.2. The number of anilines is 1. The van der Waals surface area contributed by atoms with Crippen molar-refractivity contribution < 1.29 is 9.59 Å². The molecule has 0 unspecified atom stereocenters. The number of nitrogens with zero attached hydrogens (tertiary/aromatic N) is 1. The summed E-state index contributed by atoms with van der Waals surface area (Å²) in [5.74, 6) is -0.565. The average molecular weight is 426 g/mol. The van der Waals surface area contributed by atoms with E-state index in [2.05, 4.69) is 55.3 Å². The molecule has 0 atom stereocenters. The van der Waals surface area contributed by atoms with Gasteiger partial charge in [0.25, 0.3) is 5.91 Å². The number of thiazole rings is 1. The number of benzene rings is 2. The van der Waals surface area contributed by atoms with Crippen LogP contribution in [0.3, 0.4) is 0 Å².